The van der Waals surface area contributed by atoms with E-state index in [0.717, 1.165) is 20.9 Å². The van der Waals surface area contributed by atoms with E-state index in [0.29, 0.717) is 11.5 Å². The molecule has 0 bridgehead atoms. The number of hydrogen-bond donors (Lipinski definition) is 1. The van der Waals surface area contributed by atoms with E-state index in [1.807, 2.05) is 12.1 Å². The van der Waals surface area contributed by atoms with Gasteiger partial charge in [-0.15, -0.1) is 11.8 Å². The molecule has 0 saturated carbocycles. The number of nitrogens with one attached hydrogen (secondary N) is 1. The van der Waals surface area contributed by atoms with Gasteiger partial charge in [-0.2, -0.15) is 0 Å². The molecule has 2 aromatic carbocycles. The number of benzene rings is 2. The van der Waals surface area contributed by atoms with E-state index in [1.165, 1.54) is 12.1 Å². The molecule has 0 saturated heterocycles. The maximum absolute atomic E-state index is 10.6. The molecule has 0 fully saturated rings. The first-order valence-corrected chi connectivity index (χ1v) is 7.54. The monoisotopic (exact) mass is 352 g/mol. The average Bonchev–Trinajstić information content (AvgIpc) is 2.88. The lowest BCUT2D eigenvalue weighted by Gasteiger charge is -2.09. The van der Waals surface area contributed by atoms with Crippen molar-refractivity contribution in [2.75, 3.05) is 11.2 Å². The molecule has 0 spiro atoms. The highest BCUT2D eigenvalue weighted by Crippen LogP contribution is 2.42. The third-order valence-corrected chi connectivity index (χ3v) is 4.33. The largest absolute Gasteiger partial charge is 0.457 e. The fraction of sp³-hybridized carbons (Fsp3) is 0.0769. The zero-order chi connectivity index (χ0) is 14.1. The number of nitro groups is 1. The molecule has 1 N–H and O–H groups in total. The topological polar surface area (TPSA) is 64.4 Å². The average molecular weight is 353 g/mol. The number of hydrogen-bond acceptors (Lipinski definition) is 5. The molecule has 0 radical (unpaired) electrons. The molecular weight excluding hydrogens is 344 g/mol. The van der Waals surface area contributed by atoms with Crippen LogP contribution in [-0.2, 0) is 0 Å². The Hall–Kier alpha value is -1.73. The predicted octanol–water partition coefficient (Wildman–Crippen LogP) is 4.62. The van der Waals surface area contributed by atoms with E-state index >= 15 is 0 Å². The predicted molar refractivity (Wildman–Crippen MR) is 81.7 cm³/mol. The van der Waals surface area contributed by atoms with Crippen molar-refractivity contribution in [3.63, 3.8) is 0 Å². The van der Waals surface area contributed by atoms with Crippen LogP contribution in [0.3, 0.4) is 0 Å². The molecule has 0 aliphatic carbocycles. The summed E-state index contributed by atoms with van der Waals surface area (Å²) in [5.74, 6) is 2.11. The van der Waals surface area contributed by atoms with E-state index in [9.17, 15) is 10.1 Å². The lowest BCUT2D eigenvalue weighted by atomic mass is 10.3. The van der Waals surface area contributed by atoms with Crippen molar-refractivity contribution in [1.29, 1.82) is 0 Å². The Morgan fingerprint density at radius 1 is 1.25 bits per heavy atom. The lowest BCUT2D eigenvalue weighted by Crippen LogP contribution is -1.91. The van der Waals surface area contributed by atoms with Gasteiger partial charge in [0.05, 0.1) is 16.5 Å². The summed E-state index contributed by atoms with van der Waals surface area (Å²) in [6.07, 6.45) is 0. The first kappa shape index (κ1) is 13.3. The Morgan fingerprint density at radius 3 is 2.70 bits per heavy atom. The van der Waals surface area contributed by atoms with Gasteiger partial charge in [0.15, 0.2) is 0 Å². The van der Waals surface area contributed by atoms with Crippen LogP contribution >= 0.6 is 27.7 Å². The lowest BCUT2D eigenvalue weighted by molar-refractivity contribution is -0.384. The molecule has 0 unspecified atom stereocenters. The molecule has 5 nitrogen and oxygen atoms in total. The van der Waals surface area contributed by atoms with E-state index in [2.05, 4.69) is 21.2 Å². The van der Waals surface area contributed by atoms with Crippen molar-refractivity contribution in [3.8, 4) is 11.5 Å². The zero-order valence-electron chi connectivity index (χ0n) is 10.1. The fourth-order valence-corrected chi connectivity index (χ4v) is 3.47. The number of ether oxygens (including phenoxy) is 1. The van der Waals surface area contributed by atoms with Crippen LogP contribution in [0.2, 0.25) is 0 Å². The van der Waals surface area contributed by atoms with Crippen LogP contribution < -0.4 is 10.1 Å². The molecular formula is C13H9BrN2O3S. The van der Waals surface area contributed by atoms with Crippen LogP contribution in [-0.4, -0.2) is 10.8 Å². The van der Waals surface area contributed by atoms with Gasteiger partial charge in [-0.05, 0) is 40.2 Å². The highest BCUT2D eigenvalue weighted by Gasteiger charge is 2.16. The first-order valence-electron chi connectivity index (χ1n) is 5.76. The van der Waals surface area contributed by atoms with Gasteiger partial charge in [-0.25, -0.2) is 0 Å². The van der Waals surface area contributed by atoms with E-state index in [1.54, 1.807) is 23.9 Å². The molecule has 0 amide bonds. The highest BCUT2D eigenvalue weighted by molar-refractivity contribution is 9.10. The second-order valence-electron chi connectivity index (χ2n) is 4.10. The number of halogens is 1. The summed E-state index contributed by atoms with van der Waals surface area (Å²) in [5, 5.41) is 13.9. The minimum Gasteiger partial charge on any atom is -0.457 e. The van der Waals surface area contributed by atoms with Gasteiger partial charge < -0.3 is 10.1 Å². The Kier molecular flexibility index (Phi) is 3.54. The molecule has 2 aromatic rings. The summed E-state index contributed by atoms with van der Waals surface area (Å²) in [4.78, 5) is 11.3. The Balaban J connectivity index is 1.84. The van der Waals surface area contributed by atoms with Gasteiger partial charge in [0, 0.05) is 21.5 Å². The van der Waals surface area contributed by atoms with Crippen LogP contribution in [0.5, 0.6) is 11.5 Å². The Morgan fingerprint density at radius 2 is 2.00 bits per heavy atom. The maximum atomic E-state index is 10.6. The van der Waals surface area contributed by atoms with E-state index in [-0.39, 0.29) is 5.69 Å². The quantitative estimate of drug-likeness (QED) is 0.644. The van der Waals surface area contributed by atoms with Gasteiger partial charge >= 0.3 is 0 Å². The standard InChI is InChI=1S/C13H9BrN2O3S/c14-11-5-10(6-12-13(11)15-7-20-12)19-9-3-1-8(2-4-9)16(17)18/h1-6,15H,7H2. The van der Waals surface area contributed by atoms with Crippen molar-refractivity contribution in [2.24, 2.45) is 0 Å². The summed E-state index contributed by atoms with van der Waals surface area (Å²) < 4.78 is 6.67. The number of thioether (sulfide) groups is 1. The van der Waals surface area contributed by atoms with Gasteiger partial charge in [0.25, 0.3) is 5.69 Å². The normalized spacial score (nSPS) is 12.7. The molecule has 3 rings (SSSR count). The molecule has 0 atom stereocenters. The van der Waals surface area contributed by atoms with Crippen LogP contribution in [0.15, 0.2) is 45.8 Å². The van der Waals surface area contributed by atoms with E-state index in [4.69, 9.17) is 4.74 Å². The molecule has 0 aromatic heterocycles. The number of fused-ring (bicyclic) bond motifs is 1. The SMILES string of the molecule is O=[N+]([O-])c1ccc(Oc2cc(Br)c3c(c2)SCN3)cc1. The van der Waals surface area contributed by atoms with Crippen LogP contribution in [0.25, 0.3) is 0 Å². The van der Waals surface area contributed by atoms with Crippen molar-refractivity contribution < 1.29 is 9.66 Å². The smallest absolute Gasteiger partial charge is 0.269 e. The fourth-order valence-electron chi connectivity index (χ4n) is 1.86. The first-order chi connectivity index (χ1) is 9.63. The Labute approximate surface area is 127 Å². The number of non-ortho nitro benzene ring substituents is 1. The van der Waals surface area contributed by atoms with Crippen molar-refractivity contribution in [1.82, 2.24) is 0 Å². The minimum atomic E-state index is -0.432. The van der Waals surface area contributed by atoms with Gasteiger partial charge in [0.1, 0.15) is 11.5 Å². The van der Waals surface area contributed by atoms with E-state index < -0.39 is 4.92 Å². The van der Waals surface area contributed by atoms with Crippen LogP contribution in [0, 0.1) is 10.1 Å². The second-order valence-corrected chi connectivity index (χ2v) is 5.97. The van der Waals surface area contributed by atoms with Gasteiger partial charge in [0.2, 0.25) is 0 Å². The second kappa shape index (κ2) is 5.34. The third kappa shape index (κ3) is 2.59. The van der Waals surface area contributed by atoms with Gasteiger partial charge in [-0.1, -0.05) is 0 Å². The number of nitro benzene ring substituents is 1. The van der Waals surface area contributed by atoms with Crippen molar-refractivity contribution in [2.45, 2.75) is 4.90 Å². The molecule has 20 heavy (non-hydrogen) atoms. The van der Waals surface area contributed by atoms with Crippen LogP contribution in [0.1, 0.15) is 0 Å². The molecule has 1 aliphatic heterocycles. The summed E-state index contributed by atoms with van der Waals surface area (Å²) in [6, 6.07) is 9.85. The summed E-state index contributed by atoms with van der Waals surface area (Å²) in [6.45, 7) is 0. The third-order valence-electron chi connectivity index (χ3n) is 2.79. The summed E-state index contributed by atoms with van der Waals surface area (Å²) in [5.41, 5.74) is 1.12. The molecule has 7 heteroatoms. The van der Waals surface area contributed by atoms with Crippen LogP contribution in [0.4, 0.5) is 11.4 Å². The summed E-state index contributed by atoms with van der Waals surface area (Å²) >= 11 is 5.20. The van der Waals surface area contributed by atoms with Crippen molar-refractivity contribution >= 4 is 39.1 Å². The maximum Gasteiger partial charge on any atom is 0.269 e. The highest BCUT2D eigenvalue weighted by atomic mass is 79.9. The zero-order valence-corrected chi connectivity index (χ0v) is 12.5. The Bertz CT molecular complexity index is 676. The summed E-state index contributed by atoms with van der Waals surface area (Å²) in [7, 11) is 0. The molecule has 102 valence electrons. The van der Waals surface area contributed by atoms with Crippen molar-refractivity contribution in [3.05, 3.63) is 51.0 Å². The number of nitrogens with zero attached hydrogens (tertiary/aromatic N) is 1. The number of anilines is 1. The number of rotatable bonds is 3. The molecule has 1 aliphatic rings. The minimum absolute atomic E-state index is 0.0484. The van der Waals surface area contributed by atoms with Gasteiger partial charge in [-0.3, -0.25) is 10.1 Å². The molecule has 1 heterocycles.